The van der Waals surface area contributed by atoms with Crippen LogP contribution in [0.4, 0.5) is 5.95 Å². The summed E-state index contributed by atoms with van der Waals surface area (Å²) < 4.78 is 0. The molecule has 0 spiro atoms. The van der Waals surface area contributed by atoms with Crippen molar-refractivity contribution < 1.29 is 9.90 Å². The Balaban J connectivity index is 1.76. The van der Waals surface area contributed by atoms with E-state index in [-0.39, 0.29) is 5.56 Å². The lowest BCUT2D eigenvalue weighted by Gasteiger charge is -2.07. The van der Waals surface area contributed by atoms with Crippen molar-refractivity contribution in [2.75, 3.05) is 5.32 Å². The van der Waals surface area contributed by atoms with Crippen LogP contribution < -0.4 is 5.32 Å². The molecule has 114 valence electrons. The van der Waals surface area contributed by atoms with E-state index in [2.05, 4.69) is 20.3 Å². The quantitative estimate of drug-likeness (QED) is 0.753. The molecular weight excluding hydrogens is 292 g/mol. The second-order valence-electron chi connectivity index (χ2n) is 4.81. The SMILES string of the molecule is O=C(O)c1ccccc1-c1ccc(CNc2ncccn2)nc1. The van der Waals surface area contributed by atoms with Gasteiger partial charge in [-0.2, -0.15) is 0 Å². The Bertz CT molecular complexity index is 804. The maximum atomic E-state index is 11.3. The molecule has 0 aliphatic rings. The molecule has 6 heteroatoms. The van der Waals surface area contributed by atoms with Crippen LogP contribution in [-0.4, -0.2) is 26.0 Å². The molecule has 0 aliphatic carbocycles. The van der Waals surface area contributed by atoms with Crippen molar-refractivity contribution in [1.82, 2.24) is 15.0 Å². The van der Waals surface area contributed by atoms with E-state index in [1.807, 2.05) is 18.2 Å². The van der Waals surface area contributed by atoms with Crippen LogP contribution in [-0.2, 0) is 6.54 Å². The second kappa shape index (κ2) is 6.65. The molecule has 2 N–H and O–H groups in total. The average Bonchev–Trinajstić information content (AvgIpc) is 2.61. The highest BCUT2D eigenvalue weighted by molar-refractivity contribution is 5.95. The number of nitrogens with zero attached hydrogens (tertiary/aromatic N) is 3. The van der Waals surface area contributed by atoms with Crippen molar-refractivity contribution in [1.29, 1.82) is 0 Å². The first-order chi connectivity index (χ1) is 11.2. The molecule has 2 heterocycles. The lowest BCUT2D eigenvalue weighted by Crippen LogP contribution is -2.04. The predicted molar refractivity (Wildman–Crippen MR) is 86.0 cm³/mol. The monoisotopic (exact) mass is 306 g/mol. The number of rotatable bonds is 5. The van der Waals surface area contributed by atoms with Gasteiger partial charge in [0.25, 0.3) is 0 Å². The molecule has 0 radical (unpaired) electrons. The number of hydrogen-bond acceptors (Lipinski definition) is 5. The van der Waals surface area contributed by atoms with Crippen molar-refractivity contribution in [3.63, 3.8) is 0 Å². The predicted octanol–water partition coefficient (Wildman–Crippen LogP) is 2.85. The molecule has 0 fully saturated rings. The first kappa shape index (κ1) is 14.6. The fraction of sp³-hybridized carbons (Fsp3) is 0.0588. The standard InChI is InChI=1S/C17H14N4O2/c22-16(23)15-5-2-1-4-14(15)12-6-7-13(20-10-12)11-21-17-18-8-3-9-19-17/h1-10H,11H2,(H,22,23)(H,18,19,21). The molecule has 0 saturated carbocycles. The van der Waals surface area contributed by atoms with E-state index in [0.717, 1.165) is 11.3 Å². The topological polar surface area (TPSA) is 88.0 Å². The van der Waals surface area contributed by atoms with E-state index >= 15 is 0 Å². The average molecular weight is 306 g/mol. The summed E-state index contributed by atoms with van der Waals surface area (Å²) in [5.74, 6) is -0.415. The van der Waals surface area contributed by atoms with E-state index in [1.165, 1.54) is 0 Å². The molecule has 6 nitrogen and oxygen atoms in total. The fourth-order valence-electron chi connectivity index (χ4n) is 2.17. The number of carboxylic acids is 1. The molecule has 0 amide bonds. The normalized spacial score (nSPS) is 10.3. The Morgan fingerprint density at radius 2 is 1.78 bits per heavy atom. The van der Waals surface area contributed by atoms with E-state index < -0.39 is 5.97 Å². The van der Waals surface area contributed by atoms with Crippen molar-refractivity contribution in [2.45, 2.75) is 6.54 Å². The largest absolute Gasteiger partial charge is 0.478 e. The van der Waals surface area contributed by atoms with Crippen molar-refractivity contribution in [2.24, 2.45) is 0 Å². The maximum absolute atomic E-state index is 11.3. The molecule has 0 aliphatic heterocycles. The van der Waals surface area contributed by atoms with Crippen LogP contribution in [0.25, 0.3) is 11.1 Å². The van der Waals surface area contributed by atoms with Crippen LogP contribution >= 0.6 is 0 Å². The van der Waals surface area contributed by atoms with Gasteiger partial charge in [-0.05, 0) is 23.8 Å². The van der Waals surface area contributed by atoms with Gasteiger partial charge in [-0.25, -0.2) is 14.8 Å². The summed E-state index contributed by atoms with van der Waals surface area (Å²) in [7, 11) is 0. The van der Waals surface area contributed by atoms with Gasteiger partial charge in [0.1, 0.15) is 0 Å². The number of nitrogens with one attached hydrogen (secondary N) is 1. The number of hydrogen-bond donors (Lipinski definition) is 2. The van der Waals surface area contributed by atoms with Gasteiger partial charge in [0.05, 0.1) is 17.8 Å². The highest BCUT2D eigenvalue weighted by Crippen LogP contribution is 2.23. The summed E-state index contributed by atoms with van der Waals surface area (Å²) in [6.07, 6.45) is 4.99. The molecule has 0 unspecified atom stereocenters. The third kappa shape index (κ3) is 3.49. The summed E-state index contributed by atoms with van der Waals surface area (Å²) in [5.41, 5.74) is 2.49. The summed E-state index contributed by atoms with van der Waals surface area (Å²) in [4.78, 5) is 23.8. The number of anilines is 1. The fourth-order valence-corrected chi connectivity index (χ4v) is 2.17. The number of carboxylic acid groups (broad SMARTS) is 1. The van der Waals surface area contributed by atoms with Crippen molar-refractivity contribution in [3.05, 3.63) is 72.3 Å². The number of aromatic nitrogens is 3. The number of pyridine rings is 1. The van der Waals surface area contributed by atoms with Gasteiger partial charge >= 0.3 is 5.97 Å². The Kier molecular flexibility index (Phi) is 4.24. The Morgan fingerprint density at radius 1 is 1.00 bits per heavy atom. The molecule has 23 heavy (non-hydrogen) atoms. The molecule has 1 aromatic carbocycles. The zero-order valence-electron chi connectivity index (χ0n) is 12.2. The zero-order chi connectivity index (χ0) is 16.1. The van der Waals surface area contributed by atoms with Gasteiger partial charge in [-0.3, -0.25) is 4.98 Å². The molecule has 0 saturated heterocycles. The number of carbonyl (C=O) groups is 1. The van der Waals surface area contributed by atoms with Crippen LogP contribution in [0.2, 0.25) is 0 Å². The summed E-state index contributed by atoms with van der Waals surface area (Å²) >= 11 is 0. The van der Waals surface area contributed by atoms with Gasteiger partial charge in [-0.15, -0.1) is 0 Å². The third-order valence-corrected chi connectivity index (χ3v) is 3.29. The van der Waals surface area contributed by atoms with E-state index in [9.17, 15) is 9.90 Å². The molecule has 3 rings (SSSR count). The molecule has 3 aromatic rings. The first-order valence-corrected chi connectivity index (χ1v) is 7.02. The summed E-state index contributed by atoms with van der Waals surface area (Å²) in [5, 5.41) is 12.3. The molecule has 0 atom stereocenters. The smallest absolute Gasteiger partial charge is 0.336 e. The van der Waals surface area contributed by atoms with Gasteiger partial charge in [0, 0.05) is 24.2 Å². The zero-order valence-corrected chi connectivity index (χ0v) is 12.2. The highest BCUT2D eigenvalue weighted by Gasteiger charge is 2.10. The van der Waals surface area contributed by atoms with Crippen LogP contribution in [0.15, 0.2) is 61.1 Å². The van der Waals surface area contributed by atoms with E-state index in [1.54, 1.807) is 42.9 Å². The Labute approximate surface area is 132 Å². The van der Waals surface area contributed by atoms with E-state index in [0.29, 0.717) is 18.1 Å². The van der Waals surface area contributed by atoms with Crippen molar-refractivity contribution in [3.8, 4) is 11.1 Å². The first-order valence-electron chi connectivity index (χ1n) is 7.02. The Morgan fingerprint density at radius 3 is 2.48 bits per heavy atom. The third-order valence-electron chi connectivity index (χ3n) is 3.29. The van der Waals surface area contributed by atoms with Gasteiger partial charge < -0.3 is 10.4 Å². The number of aromatic carboxylic acids is 1. The van der Waals surface area contributed by atoms with Gasteiger partial charge in [-0.1, -0.05) is 24.3 Å². The Hall–Kier alpha value is -3.28. The minimum Gasteiger partial charge on any atom is -0.478 e. The molecular formula is C17H14N4O2. The minimum atomic E-state index is -0.951. The highest BCUT2D eigenvalue weighted by atomic mass is 16.4. The molecule has 0 bridgehead atoms. The minimum absolute atomic E-state index is 0.262. The summed E-state index contributed by atoms with van der Waals surface area (Å²) in [6.45, 7) is 0.491. The second-order valence-corrected chi connectivity index (χ2v) is 4.81. The maximum Gasteiger partial charge on any atom is 0.336 e. The van der Waals surface area contributed by atoms with E-state index in [4.69, 9.17) is 0 Å². The summed E-state index contributed by atoms with van der Waals surface area (Å²) in [6, 6.07) is 12.3. The lowest BCUT2D eigenvalue weighted by atomic mass is 10.0. The van der Waals surface area contributed by atoms with Gasteiger partial charge in [0.2, 0.25) is 5.95 Å². The van der Waals surface area contributed by atoms with Crippen LogP contribution in [0.1, 0.15) is 16.1 Å². The van der Waals surface area contributed by atoms with Crippen LogP contribution in [0.3, 0.4) is 0 Å². The van der Waals surface area contributed by atoms with Crippen molar-refractivity contribution >= 4 is 11.9 Å². The lowest BCUT2D eigenvalue weighted by molar-refractivity contribution is 0.0697. The number of benzene rings is 1. The van der Waals surface area contributed by atoms with Crippen LogP contribution in [0.5, 0.6) is 0 Å². The van der Waals surface area contributed by atoms with Crippen LogP contribution in [0, 0.1) is 0 Å². The van der Waals surface area contributed by atoms with Gasteiger partial charge in [0.15, 0.2) is 0 Å². The molecule has 2 aromatic heterocycles.